The second-order valence-corrected chi connectivity index (χ2v) is 5.13. The molecule has 20 heavy (non-hydrogen) atoms. The molecule has 0 atom stereocenters. The molecule has 0 saturated heterocycles. The molecule has 0 aromatic carbocycles. The number of carbonyl (C=O) groups excluding carboxylic acids is 2. The van der Waals surface area contributed by atoms with Gasteiger partial charge in [-0.15, -0.1) is 0 Å². The smallest absolute Gasteiger partial charge is 0.339 e. The highest BCUT2D eigenvalue weighted by atomic mass is 16.7. The van der Waals surface area contributed by atoms with E-state index in [4.69, 9.17) is 19.3 Å². The molecule has 0 saturated carbocycles. The van der Waals surface area contributed by atoms with Crippen molar-refractivity contribution in [1.82, 2.24) is 0 Å². The van der Waals surface area contributed by atoms with Gasteiger partial charge in [0.1, 0.15) is 0 Å². The molecule has 0 heterocycles. The molecule has 0 radical (unpaired) electrons. The van der Waals surface area contributed by atoms with Crippen LogP contribution < -0.4 is 0 Å². The molecule has 0 aromatic heterocycles. The molecule has 7 heteroatoms. The third-order valence-corrected chi connectivity index (χ3v) is 2.54. The van der Waals surface area contributed by atoms with Crippen LogP contribution in [0.25, 0.3) is 0 Å². The zero-order valence-electron chi connectivity index (χ0n) is 12.7. The lowest BCUT2D eigenvalue weighted by atomic mass is 10.1. The Morgan fingerprint density at radius 2 is 1.55 bits per heavy atom. The summed E-state index contributed by atoms with van der Waals surface area (Å²) in [7, 11) is 1.25. The number of ether oxygens (including phenoxy) is 4. The van der Waals surface area contributed by atoms with Gasteiger partial charge in [0.15, 0.2) is 18.0 Å². The minimum Gasteiger partial charge on any atom is -0.467 e. The number of hydrogen-bond donors (Lipinski definition) is 1. The van der Waals surface area contributed by atoms with Crippen LogP contribution in [0.3, 0.4) is 0 Å². The molecule has 0 spiro atoms. The Kier molecular flexibility index (Phi) is 7.70. The molecule has 0 amide bonds. The predicted molar refractivity (Wildman–Crippen MR) is 69.9 cm³/mol. The van der Waals surface area contributed by atoms with Crippen molar-refractivity contribution in [3.8, 4) is 0 Å². The zero-order valence-corrected chi connectivity index (χ0v) is 12.7. The molecule has 0 aliphatic carbocycles. The molecule has 1 N–H and O–H groups in total. The first-order valence-electron chi connectivity index (χ1n) is 6.32. The number of rotatable bonds is 9. The molecule has 0 fully saturated rings. The van der Waals surface area contributed by atoms with E-state index in [-0.39, 0.29) is 20.0 Å². The van der Waals surface area contributed by atoms with E-state index in [0.29, 0.717) is 6.42 Å². The first kappa shape index (κ1) is 18.8. The van der Waals surface area contributed by atoms with Crippen LogP contribution in [0, 0.1) is 0 Å². The van der Waals surface area contributed by atoms with Gasteiger partial charge in [0.2, 0.25) is 0 Å². The van der Waals surface area contributed by atoms with E-state index in [1.165, 1.54) is 21.0 Å². The predicted octanol–water partition coefficient (Wildman–Crippen LogP) is 0.633. The Morgan fingerprint density at radius 1 is 1.00 bits per heavy atom. The fourth-order valence-electron chi connectivity index (χ4n) is 1.16. The van der Waals surface area contributed by atoms with Crippen LogP contribution in [0.5, 0.6) is 0 Å². The summed E-state index contributed by atoms with van der Waals surface area (Å²) >= 11 is 0. The van der Waals surface area contributed by atoms with E-state index in [1.807, 2.05) is 0 Å². The Balaban J connectivity index is 4.18. The average Bonchev–Trinajstić information content (AvgIpc) is 2.37. The number of hydrogen-bond acceptors (Lipinski definition) is 7. The zero-order chi connectivity index (χ0) is 15.8. The van der Waals surface area contributed by atoms with Crippen LogP contribution in [0.15, 0.2) is 0 Å². The van der Waals surface area contributed by atoms with Crippen molar-refractivity contribution in [1.29, 1.82) is 0 Å². The van der Waals surface area contributed by atoms with Crippen molar-refractivity contribution in [3.05, 3.63) is 0 Å². The van der Waals surface area contributed by atoms with E-state index >= 15 is 0 Å². The van der Waals surface area contributed by atoms with Crippen LogP contribution in [-0.2, 0) is 28.5 Å². The summed E-state index contributed by atoms with van der Waals surface area (Å²) in [5.41, 5.74) is -2.34. The second-order valence-electron chi connectivity index (χ2n) is 5.13. The number of carbonyl (C=O) groups is 2. The maximum atomic E-state index is 11.8. The van der Waals surface area contributed by atoms with Crippen molar-refractivity contribution in [2.45, 2.75) is 45.3 Å². The normalized spacial score (nSPS) is 12.1. The van der Waals surface area contributed by atoms with Gasteiger partial charge < -0.3 is 24.1 Å². The van der Waals surface area contributed by atoms with Crippen LogP contribution in [0.2, 0.25) is 0 Å². The van der Waals surface area contributed by atoms with E-state index in [9.17, 15) is 9.59 Å². The highest BCUT2D eigenvalue weighted by molar-refractivity contribution is 5.79. The molecule has 0 unspecified atom stereocenters. The Labute approximate surface area is 119 Å². The van der Waals surface area contributed by atoms with E-state index in [1.54, 1.807) is 13.8 Å². The van der Waals surface area contributed by atoms with Gasteiger partial charge in [0.05, 0.1) is 13.7 Å². The summed E-state index contributed by atoms with van der Waals surface area (Å²) in [6, 6.07) is 0. The van der Waals surface area contributed by atoms with Gasteiger partial charge in [-0.2, -0.15) is 0 Å². The number of methoxy groups -OCH3 is 1. The third-order valence-electron chi connectivity index (χ3n) is 2.54. The van der Waals surface area contributed by atoms with Crippen molar-refractivity contribution in [2.75, 3.05) is 27.1 Å². The maximum Gasteiger partial charge on any atom is 0.339 e. The Bertz CT molecular complexity index is 323. The molecule has 0 rings (SSSR count). The lowest BCUT2D eigenvalue weighted by Gasteiger charge is -2.25. The first-order valence-corrected chi connectivity index (χ1v) is 6.32. The second kappa shape index (κ2) is 8.18. The van der Waals surface area contributed by atoms with Crippen molar-refractivity contribution in [3.63, 3.8) is 0 Å². The molecular weight excluding hydrogens is 268 g/mol. The molecule has 0 aromatic rings. The van der Waals surface area contributed by atoms with Gasteiger partial charge in [-0.25, -0.2) is 9.59 Å². The highest BCUT2D eigenvalue weighted by Crippen LogP contribution is 2.14. The average molecular weight is 292 g/mol. The number of esters is 2. The SMILES string of the molecule is COC(=O)C(C)(C)OCOC(=O)C(C)(C)OCCCO. The minimum atomic E-state index is -1.20. The molecule has 118 valence electrons. The lowest BCUT2D eigenvalue weighted by Crippen LogP contribution is -2.40. The molecule has 0 aliphatic heterocycles. The topological polar surface area (TPSA) is 91.3 Å². The van der Waals surface area contributed by atoms with E-state index < -0.39 is 23.1 Å². The summed E-state index contributed by atoms with van der Waals surface area (Å²) in [6.07, 6.45) is 0.433. The standard InChI is InChI=1S/C13H24O7/c1-12(2,10(15)17-5)20-9-18-11(16)13(3,4)19-8-6-7-14/h14H,6-9H2,1-5H3. The summed E-state index contributed by atoms with van der Waals surface area (Å²) in [5.74, 6) is -1.18. The fraction of sp³-hybridized carbons (Fsp3) is 0.846. The largest absolute Gasteiger partial charge is 0.467 e. The van der Waals surface area contributed by atoms with Crippen LogP contribution in [0.1, 0.15) is 34.1 Å². The molecule has 0 aliphatic rings. The Hall–Kier alpha value is -1.18. The Morgan fingerprint density at radius 3 is 2.05 bits per heavy atom. The van der Waals surface area contributed by atoms with Crippen LogP contribution in [-0.4, -0.2) is 55.4 Å². The summed E-state index contributed by atoms with van der Waals surface area (Å²) in [5, 5.41) is 8.65. The van der Waals surface area contributed by atoms with E-state index in [2.05, 4.69) is 4.74 Å². The summed E-state index contributed by atoms with van der Waals surface area (Å²) in [6.45, 7) is 5.98. The summed E-state index contributed by atoms with van der Waals surface area (Å²) < 4.78 is 19.9. The fourth-order valence-corrected chi connectivity index (χ4v) is 1.16. The molecular formula is C13H24O7. The maximum absolute atomic E-state index is 11.8. The van der Waals surface area contributed by atoms with Gasteiger partial charge in [0.25, 0.3) is 0 Å². The monoisotopic (exact) mass is 292 g/mol. The van der Waals surface area contributed by atoms with Gasteiger partial charge in [-0.05, 0) is 34.1 Å². The number of aliphatic hydroxyl groups is 1. The third kappa shape index (κ3) is 6.31. The van der Waals surface area contributed by atoms with Gasteiger partial charge in [0, 0.05) is 6.61 Å². The van der Waals surface area contributed by atoms with E-state index in [0.717, 1.165) is 0 Å². The van der Waals surface area contributed by atoms with Gasteiger partial charge in [-0.3, -0.25) is 0 Å². The van der Waals surface area contributed by atoms with Gasteiger partial charge in [-0.1, -0.05) is 0 Å². The number of aliphatic hydroxyl groups excluding tert-OH is 1. The van der Waals surface area contributed by atoms with Crippen LogP contribution >= 0.6 is 0 Å². The lowest BCUT2D eigenvalue weighted by molar-refractivity contribution is -0.198. The minimum absolute atomic E-state index is 0.0123. The van der Waals surface area contributed by atoms with Crippen molar-refractivity contribution < 1.29 is 33.6 Å². The van der Waals surface area contributed by atoms with Crippen molar-refractivity contribution >= 4 is 11.9 Å². The quantitative estimate of drug-likeness (QED) is 0.378. The summed E-state index contributed by atoms with van der Waals surface area (Å²) in [4.78, 5) is 23.1. The highest BCUT2D eigenvalue weighted by Gasteiger charge is 2.33. The van der Waals surface area contributed by atoms with Gasteiger partial charge >= 0.3 is 11.9 Å². The van der Waals surface area contributed by atoms with Crippen molar-refractivity contribution in [2.24, 2.45) is 0 Å². The molecule has 0 bridgehead atoms. The first-order chi connectivity index (χ1) is 9.17. The van der Waals surface area contributed by atoms with Crippen LogP contribution in [0.4, 0.5) is 0 Å². The molecule has 7 nitrogen and oxygen atoms in total.